The number of benzene rings is 1. The van der Waals surface area contributed by atoms with E-state index in [1.54, 1.807) is 12.1 Å². The molecule has 25 heavy (non-hydrogen) atoms. The Labute approximate surface area is 148 Å². The second-order valence-electron chi connectivity index (χ2n) is 7.16. The largest absolute Gasteiger partial charge is 0.508 e. The van der Waals surface area contributed by atoms with Gasteiger partial charge in [-0.05, 0) is 56.4 Å². The number of esters is 1. The summed E-state index contributed by atoms with van der Waals surface area (Å²) in [7, 11) is 0. The van der Waals surface area contributed by atoms with Crippen molar-refractivity contribution in [2.75, 3.05) is 6.61 Å². The number of phenols is 1. The van der Waals surface area contributed by atoms with Gasteiger partial charge in [-0.3, -0.25) is 4.79 Å². The molecule has 1 heterocycles. The van der Waals surface area contributed by atoms with Gasteiger partial charge in [0.25, 0.3) is 0 Å². The minimum absolute atomic E-state index is 0.0241. The fourth-order valence-corrected chi connectivity index (χ4v) is 3.75. The molecule has 1 aliphatic heterocycles. The highest BCUT2D eigenvalue weighted by atomic mass is 16.8. The molecule has 1 aromatic carbocycles. The van der Waals surface area contributed by atoms with Crippen LogP contribution in [0.25, 0.3) is 0 Å². The van der Waals surface area contributed by atoms with Gasteiger partial charge in [-0.2, -0.15) is 0 Å². The zero-order valence-electron chi connectivity index (χ0n) is 15.0. The van der Waals surface area contributed by atoms with Gasteiger partial charge in [-0.25, -0.2) is 0 Å². The predicted octanol–water partition coefficient (Wildman–Crippen LogP) is 3.35. The van der Waals surface area contributed by atoms with E-state index >= 15 is 0 Å². The van der Waals surface area contributed by atoms with Gasteiger partial charge in [0.2, 0.25) is 0 Å². The number of carbonyl (C=O) groups excluding carboxylic acids is 1. The molecule has 0 spiro atoms. The molecule has 0 unspecified atom stereocenters. The van der Waals surface area contributed by atoms with Crippen LogP contribution in [-0.2, 0) is 25.4 Å². The van der Waals surface area contributed by atoms with E-state index in [1.807, 2.05) is 39.0 Å². The highest BCUT2D eigenvalue weighted by Gasteiger charge is 2.50. The van der Waals surface area contributed by atoms with Crippen LogP contribution >= 0.6 is 0 Å². The standard InChI is InChI=1S/C20H26O5/c1-4-16-14(11-17-19(16)25-20(2,3)24-17)12-18(22)23-10-9-13-5-7-15(21)8-6-13/h4-8,14,17,19,21H,9-12H2,1-3H3/t14-,17+,19-/m0/s1. The Bertz CT molecular complexity index is 647. The molecule has 1 N–H and O–H groups in total. The zero-order chi connectivity index (χ0) is 18.0. The number of hydrogen-bond donors (Lipinski definition) is 1. The fourth-order valence-electron chi connectivity index (χ4n) is 3.75. The SMILES string of the molecule is CC=C1[C@H](CC(=O)OCCc2ccc(O)cc2)C[C@H]2OC(C)(C)O[C@@H]12. The third-order valence-electron chi connectivity index (χ3n) is 4.84. The second kappa shape index (κ2) is 7.18. The Hall–Kier alpha value is -1.85. The molecular formula is C20H26O5. The van der Waals surface area contributed by atoms with Crippen molar-refractivity contribution in [1.82, 2.24) is 0 Å². The number of hydrogen-bond acceptors (Lipinski definition) is 5. The van der Waals surface area contributed by atoms with Crippen molar-refractivity contribution in [2.24, 2.45) is 5.92 Å². The van der Waals surface area contributed by atoms with E-state index in [0.29, 0.717) is 19.4 Å². The van der Waals surface area contributed by atoms with Crippen molar-refractivity contribution in [3.05, 3.63) is 41.5 Å². The van der Waals surface area contributed by atoms with Crippen LogP contribution in [0.5, 0.6) is 5.75 Å². The highest BCUT2D eigenvalue weighted by molar-refractivity contribution is 5.70. The maximum Gasteiger partial charge on any atom is 0.306 e. The summed E-state index contributed by atoms with van der Waals surface area (Å²) in [4.78, 5) is 12.2. The molecule has 1 aromatic rings. The van der Waals surface area contributed by atoms with E-state index in [-0.39, 0.29) is 29.8 Å². The maximum absolute atomic E-state index is 12.2. The summed E-state index contributed by atoms with van der Waals surface area (Å²) >= 11 is 0. The van der Waals surface area contributed by atoms with Crippen LogP contribution in [0.3, 0.4) is 0 Å². The molecule has 3 atom stereocenters. The van der Waals surface area contributed by atoms with Crippen LogP contribution in [0.15, 0.2) is 35.9 Å². The van der Waals surface area contributed by atoms with Crippen molar-refractivity contribution >= 4 is 5.97 Å². The molecule has 0 bridgehead atoms. The number of fused-ring (bicyclic) bond motifs is 1. The van der Waals surface area contributed by atoms with Crippen LogP contribution in [0.2, 0.25) is 0 Å². The summed E-state index contributed by atoms with van der Waals surface area (Å²) in [5, 5.41) is 9.27. The van der Waals surface area contributed by atoms with Gasteiger partial charge in [-0.1, -0.05) is 18.2 Å². The molecule has 0 aromatic heterocycles. The predicted molar refractivity (Wildman–Crippen MR) is 93.1 cm³/mol. The molecule has 0 amide bonds. The highest BCUT2D eigenvalue weighted by Crippen LogP contribution is 2.45. The lowest BCUT2D eigenvalue weighted by atomic mass is 9.98. The first-order valence-electron chi connectivity index (χ1n) is 8.83. The van der Waals surface area contributed by atoms with Crippen LogP contribution in [-0.4, -0.2) is 35.7 Å². The van der Waals surface area contributed by atoms with Crippen LogP contribution < -0.4 is 0 Å². The third kappa shape index (κ3) is 4.22. The number of phenolic OH excluding ortho intramolecular Hbond substituents is 1. The van der Waals surface area contributed by atoms with Crippen molar-refractivity contribution in [1.29, 1.82) is 0 Å². The summed E-state index contributed by atoms with van der Waals surface area (Å²) in [6.45, 7) is 6.17. The first kappa shape index (κ1) is 18.0. The zero-order valence-corrected chi connectivity index (χ0v) is 15.0. The van der Waals surface area contributed by atoms with Gasteiger partial charge >= 0.3 is 5.97 Å². The molecule has 1 saturated carbocycles. The Balaban J connectivity index is 1.47. The van der Waals surface area contributed by atoms with E-state index < -0.39 is 5.79 Å². The van der Waals surface area contributed by atoms with Crippen molar-refractivity contribution < 1.29 is 24.1 Å². The molecule has 1 saturated heterocycles. The average Bonchev–Trinajstić information content (AvgIpc) is 3.00. The van der Waals surface area contributed by atoms with Crippen molar-refractivity contribution in [2.45, 2.75) is 58.0 Å². The first-order chi connectivity index (χ1) is 11.9. The Morgan fingerprint density at radius 2 is 2.04 bits per heavy atom. The quantitative estimate of drug-likeness (QED) is 0.654. The fraction of sp³-hybridized carbons (Fsp3) is 0.550. The summed E-state index contributed by atoms with van der Waals surface area (Å²) in [6.07, 6.45) is 3.81. The normalized spacial score (nSPS) is 28.9. The van der Waals surface area contributed by atoms with Gasteiger partial charge in [0.05, 0.1) is 19.1 Å². The second-order valence-corrected chi connectivity index (χ2v) is 7.16. The minimum Gasteiger partial charge on any atom is -0.508 e. The Kier molecular flexibility index (Phi) is 5.16. The van der Waals surface area contributed by atoms with Crippen LogP contribution in [0, 0.1) is 5.92 Å². The molecule has 136 valence electrons. The van der Waals surface area contributed by atoms with E-state index in [2.05, 4.69) is 0 Å². The van der Waals surface area contributed by atoms with Gasteiger partial charge in [0.15, 0.2) is 5.79 Å². The van der Waals surface area contributed by atoms with Gasteiger partial charge < -0.3 is 19.3 Å². The monoisotopic (exact) mass is 346 g/mol. The van der Waals surface area contributed by atoms with E-state index in [4.69, 9.17) is 14.2 Å². The lowest BCUT2D eigenvalue weighted by Gasteiger charge is -2.21. The average molecular weight is 346 g/mol. The number of rotatable bonds is 5. The third-order valence-corrected chi connectivity index (χ3v) is 4.84. The summed E-state index contributed by atoms with van der Waals surface area (Å²) < 4.78 is 17.3. The molecule has 5 heteroatoms. The topological polar surface area (TPSA) is 65.0 Å². The molecule has 0 radical (unpaired) electrons. The molecule has 1 aliphatic carbocycles. The van der Waals surface area contributed by atoms with E-state index in [0.717, 1.165) is 17.6 Å². The lowest BCUT2D eigenvalue weighted by molar-refractivity contribution is -0.151. The van der Waals surface area contributed by atoms with Gasteiger partial charge in [0, 0.05) is 6.42 Å². The Morgan fingerprint density at radius 1 is 1.32 bits per heavy atom. The van der Waals surface area contributed by atoms with E-state index in [1.165, 1.54) is 0 Å². The molecular weight excluding hydrogens is 320 g/mol. The summed E-state index contributed by atoms with van der Waals surface area (Å²) in [5.74, 6) is -0.391. The summed E-state index contributed by atoms with van der Waals surface area (Å²) in [5.41, 5.74) is 2.17. The van der Waals surface area contributed by atoms with Crippen LogP contribution in [0.4, 0.5) is 0 Å². The molecule has 2 fully saturated rings. The maximum atomic E-state index is 12.2. The first-order valence-corrected chi connectivity index (χ1v) is 8.83. The molecule has 2 aliphatic rings. The van der Waals surface area contributed by atoms with Gasteiger partial charge in [-0.15, -0.1) is 0 Å². The number of aromatic hydroxyl groups is 1. The lowest BCUT2D eigenvalue weighted by Crippen LogP contribution is -2.24. The van der Waals surface area contributed by atoms with Crippen LogP contribution in [0.1, 0.15) is 39.2 Å². The number of carbonyl (C=O) groups is 1. The number of allylic oxidation sites excluding steroid dienone is 1. The minimum atomic E-state index is -0.556. The van der Waals surface area contributed by atoms with E-state index in [9.17, 15) is 9.90 Å². The van der Waals surface area contributed by atoms with Crippen molar-refractivity contribution in [3.8, 4) is 5.75 Å². The smallest absolute Gasteiger partial charge is 0.306 e. The summed E-state index contributed by atoms with van der Waals surface area (Å²) in [6, 6.07) is 6.92. The van der Waals surface area contributed by atoms with Crippen molar-refractivity contribution in [3.63, 3.8) is 0 Å². The molecule has 3 rings (SSSR count). The Morgan fingerprint density at radius 3 is 2.72 bits per heavy atom. The molecule has 5 nitrogen and oxygen atoms in total. The van der Waals surface area contributed by atoms with Gasteiger partial charge in [0.1, 0.15) is 11.9 Å². The number of ether oxygens (including phenoxy) is 3.